The Kier molecular flexibility index (Phi) is 5.79. The average Bonchev–Trinajstić information content (AvgIpc) is 3.05. The number of ether oxygens (including phenoxy) is 2. The van der Waals surface area contributed by atoms with Gasteiger partial charge in [0.2, 0.25) is 11.8 Å². The largest absolute Gasteiger partial charge is 0.497 e. The smallest absolute Gasteiger partial charge is 0.242 e. The van der Waals surface area contributed by atoms with Gasteiger partial charge in [-0.3, -0.25) is 9.59 Å². The van der Waals surface area contributed by atoms with Crippen molar-refractivity contribution in [2.24, 2.45) is 5.92 Å². The molecule has 2 saturated heterocycles. The number of rotatable bonds is 6. The van der Waals surface area contributed by atoms with E-state index in [9.17, 15) is 9.59 Å². The lowest BCUT2D eigenvalue weighted by molar-refractivity contribution is -0.139. The molecule has 0 radical (unpaired) electrons. The van der Waals surface area contributed by atoms with Gasteiger partial charge in [0.1, 0.15) is 11.5 Å². The van der Waals surface area contributed by atoms with Crippen LogP contribution >= 0.6 is 0 Å². The number of carbonyl (C=O) groups excluding carboxylic acids is 2. The van der Waals surface area contributed by atoms with Gasteiger partial charge >= 0.3 is 0 Å². The van der Waals surface area contributed by atoms with Crippen molar-refractivity contribution >= 4 is 11.8 Å². The first-order valence-corrected chi connectivity index (χ1v) is 8.98. The highest BCUT2D eigenvalue weighted by Crippen LogP contribution is 2.21. The van der Waals surface area contributed by atoms with E-state index < -0.39 is 0 Å². The van der Waals surface area contributed by atoms with E-state index in [1.54, 1.807) is 12.0 Å². The Balaban J connectivity index is 1.46. The predicted molar refractivity (Wildman–Crippen MR) is 93.6 cm³/mol. The fraction of sp³-hybridized carbons (Fsp3) is 0.579. The van der Waals surface area contributed by atoms with Gasteiger partial charge in [0.05, 0.1) is 20.3 Å². The van der Waals surface area contributed by atoms with E-state index in [2.05, 4.69) is 0 Å². The molecular formula is C19H26N2O4. The van der Waals surface area contributed by atoms with Crippen molar-refractivity contribution in [1.29, 1.82) is 0 Å². The molecule has 136 valence electrons. The molecule has 1 aromatic rings. The maximum absolute atomic E-state index is 12.5. The summed E-state index contributed by atoms with van der Waals surface area (Å²) >= 11 is 0. The van der Waals surface area contributed by atoms with Gasteiger partial charge in [0.25, 0.3) is 0 Å². The standard InChI is InChI=1S/C19H26N2O4/c1-24-16-6-8-17(9-7-16)25-14-15-4-2-10-20(12-15)19(23)13-21-11-3-5-18(21)22/h6-9,15H,2-5,10-14H2,1H3/t15-/m1/s1. The van der Waals surface area contributed by atoms with E-state index in [4.69, 9.17) is 9.47 Å². The Bertz CT molecular complexity index is 602. The van der Waals surface area contributed by atoms with Crippen LogP contribution in [0.1, 0.15) is 25.7 Å². The number of hydrogen-bond donors (Lipinski definition) is 0. The maximum Gasteiger partial charge on any atom is 0.242 e. The number of methoxy groups -OCH3 is 1. The number of amides is 2. The molecule has 0 saturated carbocycles. The van der Waals surface area contributed by atoms with Crippen molar-refractivity contribution in [3.05, 3.63) is 24.3 Å². The van der Waals surface area contributed by atoms with E-state index in [0.717, 1.165) is 37.3 Å². The number of piperidine rings is 1. The minimum absolute atomic E-state index is 0.0596. The van der Waals surface area contributed by atoms with E-state index in [0.29, 0.717) is 32.0 Å². The summed E-state index contributed by atoms with van der Waals surface area (Å²) in [4.78, 5) is 27.7. The van der Waals surface area contributed by atoms with Crippen LogP contribution in [0.3, 0.4) is 0 Å². The third-order valence-corrected chi connectivity index (χ3v) is 4.91. The van der Waals surface area contributed by atoms with Gasteiger partial charge in [-0.1, -0.05) is 0 Å². The molecule has 2 fully saturated rings. The highest BCUT2D eigenvalue weighted by Gasteiger charge is 2.28. The van der Waals surface area contributed by atoms with Crippen molar-refractivity contribution in [1.82, 2.24) is 9.80 Å². The van der Waals surface area contributed by atoms with Crippen LogP contribution in [0.4, 0.5) is 0 Å². The quantitative estimate of drug-likeness (QED) is 0.790. The van der Waals surface area contributed by atoms with E-state index in [1.807, 2.05) is 29.2 Å². The molecular weight excluding hydrogens is 320 g/mol. The molecule has 6 heteroatoms. The summed E-state index contributed by atoms with van der Waals surface area (Å²) in [6.45, 7) is 3.02. The Morgan fingerprint density at radius 3 is 2.60 bits per heavy atom. The van der Waals surface area contributed by atoms with Gasteiger partial charge in [-0.2, -0.15) is 0 Å². The molecule has 25 heavy (non-hydrogen) atoms. The SMILES string of the molecule is COc1ccc(OC[C@@H]2CCCN(C(=O)CN3CCCC3=O)C2)cc1. The molecule has 2 heterocycles. The van der Waals surface area contributed by atoms with Crippen LogP contribution in [0.25, 0.3) is 0 Å². The second-order valence-corrected chi connectivity index (χ2v) is 6.75. The van der Waals surface area contributed by atoms with Crippen molar-refractivity contribution in [2.75, 3.05) is 39.9 Å². The molecule has 2 aliphatic heterocycles. The van der Waals surface area contributed by atoms with Gasteiger partial charge in [-0.15, -0.1) is 0 Å². The topological polar surface area (TPSA) is 59.1 Å². The first kappa shape index (κ1) is 17.6. The molecule has 1 atom stereocenters. The first-order valence-electron chi connectivity index (χ1n) is 8.98. The van der Waals surface area contributed by atoms with Crippen LogP contribution in [0, 0.1) is 5.92 Å². The molecule has 0 N–H and O–H groups in total. The van der Waals surface area contributed by atoms with Crippen LogP contribution < -0.4 is 9.47 Å². The zero-order chi connectivity index (χ0) is 17.6. The molecule has 0 aliphatic carbocycles. The summed E-state index contributed by atoms with van der Waals surface area (Å²) in [5, 5.41) is 0. The third kappa shape index (κ3) is 4.65. The van der Waals surface area contributed by atoms with Gasteiger partial charge in [-0.25, -0.2) is 0 Å². The second kappa shape index (κ2) is 8.23. The Labute approximate surface area is 148 Å². The fourth-order valence-electron chi connectivity index (χ4n) is 3.45. The number of likely N-dealkylation sites (tertiary alicyclic amines) is 2. The van der Waals surface area contributed by atoms with Crippen LogP contribution in [-0.4, -0.2) is 61.5 Å². The molecule has 1 aromatic carbocycles. The summed E-state index contributed by atoms with van der Waals surface area (Å²) < 4.78 is 11.0. The zero-order valence-corrected chi connectivity index (χ0v) is 14.8. The van der Waals surface area contributed by atoms with Crippen molar-refractivity contribution in [3.8, 4) is 11.5 Å². The van der Waals surface area contributed by atoms with E-state index in [-0.39, 0.29) is 18.4 Å². The van der Waals surface area contributed by atoms with Crippen molar-refractivity contribution in [3.63, 3.8) is 0 Å². The zero-order valence-electron chi connectivity index (χ0n) is 14.8. The lowest BCUT2D eigenvalue weighted by Gasteiger charge is -2.33. The van der Waals surface area contributed by atoms with Gasteiger partial charge in [0.15, 0.2) is 0 Å². The second-order valence-electron chi connectivity index (χ2n) is 6.75. The van der Waals surface area contributed by atoms with Crippen molar-refractivity contribution in [2.45, 2.75) is 25.7 Å². The molecule has 0 unspecified atom stereocenters. The normalized spacial score (nSPS) is 20.7. The number of nitrogens with zero attached hydrogens (tertiary/aromatic N) is 2. The molecule has 0 spiro atoms. The monoisotopic (exact) mass is 346 g/mol. The summed E-state index contributed by atoms with van der Waals surface area (Å²) in [6.07, 6.45) is 3.48. The van der Waals surface area contributed by atoms with Crippen LogP contribution in [0.15, 0.2) is 24.3 Å². The average molecular weight is 346 g/mol. The molecule has 2 amide bonds. The summed E-state index contributed by atoms with van der Waals surface area (Å²) in [6, 6.07) is 7.53. The minimum atomic E-state index is 0.0596. The predicted octanol–water partition coefficient (Wildman–Crippen LogP) is 1.93. The van der Waals surface area contributed by atoms with Crippen LogP contribution in [0.5, 0.6) is 11.5 Å². The Hall–Kier alpha value is -2.24. The molecule has 0 aromatic heterocycles. The number of benzene rings is 1. The molecule has 0 bridgehead atoms. The third-order valence-electron chi connectivity index (χ3n) is 4.91. The van der Waals surface area contributed by atoms with Gasteiger partial charge < -0.3 is 19.3 Å². The highest BCUT2D eigenvalue weighted by atomic mass is 16.5. The molecule has 2 aliphatic rings. The lowest BCUT2D eigenvalue weighted by Crippen LogP contribution is -2.46. The van der Waals surface area contributed by atoms with E-state index >= 15 is 0 Å². The van der Waals surface area contributed by atoms with E-state index in [1.165, 1.54) is 0 Å². The maximum atomic E-state index is 12.5. The lowest BCUT2D eigenvalue weighted by atomic mass is 9.99. The van der Waals surface area contributed by atoms with Crippen LogP contribution in [-0.2, 0) is 9.59 Å². The minimum Gasteiger partial charge on any atom is -0.497 e. The Morgan fingerprint density at radius 2 is 1.92 bits per heavy atom. The number of hydrogen-bond acceptors (Lipinski definition) is 4. The highest BCUT2D eigenvalue weighted by molar-refractivity contribution is 5.85. The summed E-state index contributed by atoms with van der Waals surface area (Å²) in [5.41, 5.74) is 0. The molecule has 6 nitrogen and oxygen atoms in total. The van der Waals surface area contributed by atoms with Gasteiger partial charge in [-0.05, 0) is 43.5 Å². The fourth-order valence-corrected chi connectivity index (χ4v) is 3.45. The first-order chi connectivity index (χ1) is 12.2. The van der Waals surface area contributed by atoms with Gasteiger partial charge in [0, 0.05) is 32.0 Å². The molecule has 3 rings (SSSR count). The van der Waals surface area contributed by atoms with Crippen molar-refractivity contribution < 1.29 is 19.1 Å². The number of carbonyl (C=O) groups is 2. The van der Waals surface area contributed by atoms with Crippen LogP contribution in [0.2, 0.25) is 0 Å². The summed E-state index contributed by atoms with van der Waals surface area (Å²) in [7, 11) is 1.64. The summed E-state index contributed by atoms with van der Waals surface area (Å²) in [5.74, 6) is 2.10. The Morgan fingerprint density at radius 1 is 1.16 bits per heavy atom.